The summed E-state index contributed by atoms with van der Waals surface area (Å²) in [6, 6.07) is 4.60. The van der Waals surface area contributed by atoms with Gasteiger partial charge < -0.3 is 19.7 Å². The van der Waals surface area contributed by atoms with Crippen molar-refractivity contribution in [3.63, 3.8) is 0 Å². The lowest BCUT2D eigenvalue weighted by molar-refractivity contribution is 0.0587. The topological polar surface area (TPSA) is 76.0 Å². The average molecular weight is 240 g/mol. The van der Waals surface area contributed by atoms with Crippen LogP contribution in [-0.2, 0) is 0 Å². The molecule has 0 fully saturated rings. The Morgan fingerprint density at radius 2 is 2.12 bits per heavy atom. The third-order valence-corrected chi connectivity index (χ3v) is 2.22. The van der Waals surface area contributed by atoms with E-state index < -0.39 is 18.5 Å². The molecule has 0 heterocycles. The summed E-state index contributed by atoms with van der Waals surface area (Å²) >= 11 is 0. The predicted molar refractivity (Wildman–Crippen MR) is 61.6 cm³/mol. The third kappa shape index (κ3) is 3.18. The van der Waals surface area contributed by atoms with Crippen LogP contribution in [0.4, 0.5) is 0 Å². The first kappa shape index (κ1) is 13.5. The molecule has 1 aromatic rings. The van der Waals surface area contributed by atoms with Crippen LogP contribution in [0, 0.1) is 0 Å². The third-order valence-electron chi connectivity index (χ3n) is 2.22. The van der Waals surface area contributed by atoms with Crippen molar-refractivity contribution >= 4 is 5.78 Å². The number of methoxy groups -OCH3 is 1. The molecule has 1 atom stereocenters. The maximum Gasteiger partial charge on any atom is 0.193 e. The number of rotatable bonds is 6. The van der Waals surface area contributed by atoms with Gasteiger partial charge in [-0.25, -0.2) is 0 Å². The van der Waals surface area contributed by atoms with Crippen molar-refractivity contribution in [1.82, 2.24) is 0 Å². The largest absolute Gasteiger partial charge is 0.493 e. The summed E-state index contributed by atoms with van der Waals surface area (Å²) in [7, 11) is 1.47. The second-order valence-corrected chi connectivity index (χ2v) is 3.36. The number of aliphatic hydroxyl groups is 2. The molecule has 1 unspecified atom stereocenters. The molecule has 0 saturated carbocycles. The Hall–Kier alpha value is -1.59. The SMILES string of the molecule is CCOc1ccc(C(=O)C(O)CO)cc1OC. The molecule has 0 amide bonds. The molecule has 94 valence electrons. The van der Waals surface area contributed by atoms with Gasteiger partial charge in [0.1, 0.15) is 6.10 Å². The lowest BCUT2D eigenvalue weighted by Crippen LogP contribution is -2.24. The number of carbonyl (C=O) groups is 1. The van der Waals surface area contributed by atoms with E-state index in [4.69, 9.17) is 14.6 Å². The predicted octanol–water partition coefficient (Wildman–Crippen LogP) is 0.630. The van der Waals surface area contributed by atoms with Crippen molar-refractivity contribution in [3.8, 4) is 11.5 Å². The molecular formula is C12H16O5. The monoisotopic (exact) mass is 240 g/mol. The summed E-state index contributed by atoms with van der Waals surface area (Å²) in [5, 5.41) is 17.9. The van der Waals surface area contributed by atoms with Crippen molar-refractivity contribution in [2.75, 3.05) is 20.3 Å². The smallest absolute Gasteiger partial charge is 0.193 e. The van der Waals surface area contributed by atoms with Crippen LogP contribution in [0.1, 0.15) is 17.3 Å². The van der Waals surface area contributed by atoms with Gasteiger partial charge in [0.2, 0.25) is 0 Å². The Bertz CT molecular complexity index is 388. The van der Waals surface area contributed by atoms with Gasteiger partial charge in [-0.3, -0.25) is 4.79 Å². The Kier molecular flexibility index (Phi) is 4.93. The summed E-state index contributed by atoms with van der Waals surface area (Å²) in [6.07, 6.45) is -1.40. The van der Waals surface area contributed by atoms with Crippen LogP contribution in [-0.4, -0.2) is 42.4 Å². The molecule has 0 bridgehead atoms. The number of ketones is 1. The van der Waals surface area contributed by atoms with E-state index in [1.54, 1.807) is 6.07 Å². The number of Topliss-reactive ketones (excluding diaryl/α,β-unsaturated/α-hetero) is 1. The van der Waals surface area contributed by atoms with Crippen LogP contribution >= 0.6 is 0 Å². The van der Waals surface area contributed by atoms with E-state index in [1.807, 2.05) is 6.92 Å². The molecule has 0 aliphatic heterocycles. The van der Waals surface area contributed by atoms with Crippen molar-refractivity contribution in [2.45, 2.75) is 13.0 Å². The molecule has 5 nitrogen and oxygen atoms in total. The first-order valence-corrected chi connectivity index (χ1v) is 5.28. The number of aliphatic hydroxyl groups excluding tert-OH is 2. The zero-order valence-electron chi connectivity index (χ0n) is 9.84. The van der Waals surface area contributed by atoms with E-state index in [2.05, 4.69) is 0 Å². The standard InChI is InChI=1S/C12H16O5/c1-3-17-10-5-4-8(6-11(10)16-2)12(15)9(14)7-13/h4-6,9,13-14H,3,7H2,1-2H3. The molecule has 17 heavy (non-hydrogen) atoms. The molecule has 1 aromatic carbocycles. The molecule has 0 aromatic heterocycles. The van der Waals surface area contributed by atoms with Gasteiger partial charge in [0.15, 0.2) is 17.3 Å². The van der Waals surface area contributed by atoms with Crippen LogP contribution in [0.15, 0.2) is 18.2 Å². The summed E-state index contributed by atoms with van der Waals surface area (Å²) in [4.78, 5) is 11.6. The van der Waals surface area contributed by atoms with Crippen molar-refractivity contribution in [1.29, 1.82) is 0 Å². The average Bonchev–Trinajstić information content (AvgIpc) is 2.37. The lowest BCUT2D eigenvalue weighted by Gasteiger charge is -2.11. The van der Waals surface area contributed by atoms with Gasteiger partial charge in [-0.2, -0.15) is 0 Å². The van der Waals surface area contributed by atoms with Crippen molar-refractivity contribution in [3.05, 3.63) is 23.8 Å². The van der Waals surface area contributed by atoms with E-state index in [0.717, 1.165) is 0 Å². The molecule has 0 saturated heterocycles. The number of ether oxygens (including phenoxy) is 2. The number of carbonyl (C=O) groups excluding carboxylic acids is 1. The minimum absolute atomic E-state index is 0.270. The van der Waals surface area contributed by atoms with Gasteiger partial charge in [-0.05, 0) is 25.1 Å². The Balaban J connectivity index is 3.00. The fourth-order valence-electron chi connectivity index (χ4n) is 1.37. The molecule has 5 heteroatoms. The highest BCUT2D eigenvalue weighted by atomic mass is 16.5. The maximum absolute atomic E-state index is 11.6. The first-order valence-electron chi connectivity index (χ1n) is 5.28. The van der Waals surface area contributed by atoms with Crippen molar-refractivity contribution < 1.29 is 24.5 Å². The summed E-state index contributed by atoms with van der Waals surface area (Å²) in [6.45, 7) is 1.73. The Labute approximate surface area is 99.6 Å². The van der Waals surface area contributed by atoms with Crippen LogP contribution in [0.25, 0.3) is 0 Å². The van der Waals surface area contributed by atoms with Crippen LogP contribution in [0.3, 0.4) is 0 Å². The zero-order chi connectivity index (χ0) is 12.8. The fraction of sp³-hybridized carbons (Fsp3) is 0.417. The second-order valence-electron chi connectivity index (χ2n) is 3.36. The second kappa shape index (κ2) is 6.22. The van der Waals surface area contributed by atoms with E-state index in [9.17, 15) is 9.90 Å². The van der Waals surface area contributed by atoms with Crippen LogP contribution in [0.2, 0.25) is 0 Å². The minimum atomic E-state index is -1.40. The van der Waals surface area contributed by atoms with Crippen molar-refractivity contribution in [2.24, 2.45) is 0 Å². The molecule has 1 rings (SSSR count). The van der Waals surface area contributed by atoms with Gasteiger partial charge in [0.05, 0.1) is 20.3 Å². The highest BCUT2D eigenvalue weighted by Gasteiger charge is 2.17. The number of benzene rings is 1. The normalized spacial score (nSPS) is 12.0. The summed E-state index contributed by atoms with van der Waals surface area (Å²) in [5.74, 6) is 0.404. The van der Waals surface area contributed by atoms with E-state index in [0.29, 0.717) is 18.1 Å². The minimum Gasteiger partial charge on any atom is -0.493 e. The molecule has 0 aliphatic rings. The fourth-order valence-corrected chi connectivity index (χ4v) is 1.37. The maximum atomic E-state index is 11.6. The highest BCUT2D eigenvalue weighted by Crippen LogP contribution is 2.28. The molecule has 0 spiro atoms. The van der Waals surface area contributed by atoms with Gasteiger partial charge in [0, 0.05) is 5.56 Å². The highest BCUT2D eigenvalue weighted by molar-refractivity contribution is 5.99. The molecule has 0 aliphatic carbocycles. The van der Waals surface area contributed by atoms with E-state index in [-0.39, 0.29) is 5.56 Å². The molecule has 2 N–H and O–H groups in total. The zero-order valence-corrected chi connectivity index (χ0v) is 9.84. The van der Waals surface area contributed by atoms with E-state index >= 15 is 0 Å². The molecular weight excluding hydrogens is 224 g/mol. The first-order chi connectivity index (χ1) is 8.13. The van der Waals surface area contributed by atoms with Gasteiger partial charge in [-0.1, -0.05) is 0 Å². The number of hydrogen-bond donors (Lipinski definition) is 2. The van der Waals surface area contributed by atoms with Gasteiger partial charge >= 0.3 is 0 Å². The van der Waals surface area contributed by atoms with Crippen LogP contribution in [0.5, 0.6) is 11.5 Å². The number of hydrogen-bond acceptors (Lipinski definition) is 5. The Morgan fingerprint density at radius 1 is 1.41 bits per heavy atom. The van der Waals surface area contributed by atoms with Gasteiger partial charge in [0.25, 0.3) is 0 Å². The van der Waals surface area contributed by atoms with Crippen LogP contribution < -0.4 is 9.47 Å². The summed E-state index contributed by atoms with van der Waals surface area (Å²) in [5.41, 5.74) is 0.270. The van der Waals surface area contributed by atoms with E-state index in [1.165, 1.54) is 19.2 Å². The molecule has 0 radical (unpaired) electrons. The van der Waals surface area contributed by atoms with Gasteiger partial charge in [-0.15, -0.1) is 0 Å². The lowest BCUT2D eigenvalue weighted by atomic mass is 10.1. The Morgan fingerprint density at radius 3 is 2.65 bits per heavy atom. The summed E-state index contributed by atoms with van der Waals surface area (Å²) < 4.78 is 10.4. The quantitative estimate of drug-likeness (QED) is 0.713.